The van der Waals surface area contributed by atoms with Crippen molar-refractivity contribution in [2.45, 2.75) is 31.7 Å². The van der Waals surface area contributed by atoms with E-state index in [4.69, 9.17) is 0 Å². The summed E-state index contributed by atoms with van der Waals surface area (Å²) in [5, 5.41) is 8.04. The highest BCUT2D eigenvalue weighted by Crippen LogP contribution is 2.39. The van der Waals surface area contributed by atoms with Crippen molar-refractivity contribution in [2.24, 2.45) is 0 Å². The summed E-state index contributed by atoms with van der Waals surface area (Å²) in [7, 11) is 0. The van der Waals surface area contributed by atoms with Crippen LogP contribution in [0.25, 0.3) is 10.9 Å². The van der Waals surface area contributed by atoms with E-state index in [1.54, 1.807) is 17.0 Å². The van der Waals surface area contributed by atoms with Crippen LogP contribution < -0.4 is 0 Å². The minimum Gasteiger partial charge on any atom is -0.358 e. The maximum atomic E-state index is 13.6. The van der Waals surface area contributed by atoms with Gasteiger partial charge in [0.1, 0.15) is 11.5 Å². The summed E-state index contributed by atoms with van der Waals surface area (Å²) in [5.74, 6) is 0.229. The van der Waals surface area contributed by atoms with Gasteiger partial charge in [0, 0.05) is 53.3 Å². The van der Waals surface area contributed by atoms with Crippen LogP contribution in [0.5, 0.6) is 0 Å². The molecule has 0 spiro atoms. The molecule has 1 aliphatic carbocycles. The van der Waals surface area contributed by atoms with Gasteiger partial charge in [-0.15, -0.1) is 0 Å². The Morgan fingerprint density at radius 2 is 2.17 bits per heavy atom. The van der Waals surface area contributed by atoms with Gasteiger partial charge < -0.3 is 9.88 Å². The summed E-state index contributed by atoms with van der Waals surface area (Å²) < 4.78 is 13.6. The van der Waals surface area contributed by atoms with Crippen LogP contribution in [0, 0.1) is 5.82 Å². The average Bonchev–Trinajstić information content (AvgIpc) is 3.21. The van der Waals surface area contributed by atoms with E-state index in [9.17, 15) is 9.18 Å². The summed E-state index contributed by atoms with van der Waals surface area (Å²) in [5.41, 5.74) is 4.57. The number of nitrogens with one attached hydrogen (secondary N) is 2. The lowest BCUT2D eigenvalue weighted by atomic mass is 10.0. The fourth-order valence-corrected chi connectivity index (χ4v) is 3.57. The number of halogens is 1. The van der Waals surface area contributed by atoms with Crippen molar-refractivity contribution in [1.29, 1.82) is 0 Å². The molecule has 1 aliphatic heterocycles. The smallest absolute Gasteiger partial charge is 0.274 e. The maximum Gasteiger partial charge on any atom is 0.274 e. The fourth-order valence-electron chi connectivity index (χ4n) is 3.57. The highest BCUT2D eigenvalue weighted by molar-refractivity contribution is 5.93. The standard InChI is InChI=1S/C18H17FN4O/c19-11-3-4-14-12(7-11)13-9-23(6-5-15(13)20-14)18(24)17-8-16(21-22-17)10-1-2-10/h3-4,7-8,10,20H,1-2,5-6,9H2,(H,21,22). The number of benzene rings is 1. The van der Waals surface area contributed by atoms with Crippen molar-refractivity contribution in [3.63, 3.8) is 0 Å². The molecule has 1 fully saturated rings. The fraction of sp³-hybridized carbons (Fsp3) is 0.333. The minimum absolute atomic E-state index is 0.0606. The molecular formula is C18H17FN4O. The Balaban J connectivity index is 1.45. The van der Waals surface area contributed by atoms with E-state index >= 15 is 0 Å². The van der Waals surface area contributed by atoms with Gasteiger partial charge in [-0.1, -0.05) is 0 Å². The zero-order valence-corrected chi connectivity index (χ0v) is 13.1. The van der Waals surface area contributed by atoms with E-state index in [2.05, 4.69) is 15.2 Å². The number of carbonyl (C=O) groups excluding carboxylic acids is 1. The number of carbonyl (C=O) groups is 1. The number of H-pyrrole nitrogens is 2. The highest BCUT2D eigenvalue weighted by Gasteiger charge is 2.29. The van der Waals surface area contributed by atoms with Gasteiger partial charge in [0.2, 0.25) is 0 Å². The van der Waals surface area contributed by atoms with Gasteiger partial charge in [-0.2, -0.15) is 5.10 Å². The molecule has 0 atom stereocenters. The molecule has 0 saturated heterocycles. The Bertz CT molecular complexity index is 953. The summed E-state index contributed by atoms with van der Waals surface area (Å²) in [6.07, 6.45) is 3.09. The normalized spacial score (nSPS) is 17.3. The lowest BCUT2D eigenvalue weighted by Crippen LogP contribution is -2.36. The zero-order chi connectivity index (χ0) is 16.3. The first-order chi connectivity index (χ1) is 11.7. The second-order valence-corrected chi connectivity index (χ2v) is 6.73. The molecule has 24 heavy (non-hydrogen) atoms. The van der Waals surface area contributed by atoms with Crippen LogP contribution in [0.4, 0.5) is 4.39 Å². The number of aromatic nitrogens is 3. The quantitative estimate of drug-likeness (QED) is 0.761. The molecule has 5 rings (SSSR count). The van der Waals surface area contributed by atoms with E-state index in [0.717, 1.165) is 34.3 Å². The van der Waals surface area contributed by atoms with E-state index in [0.29, 0.717) is 24.7 Å². The molecular weight excluding hydrogens is 307 g/mol. The molecule has 0 unspecified atom stereocenters. The number of nitrogens with zero attached hydrogens (tertiary/aromatic N) is 2. The molecule has 1 saturated carbocycles. The molecule has 6 heteroatoms. The molecule has 0 radical (unpaired) electrons. The third-order valence-electron chi connectivity index (χ3n) is 5.06. The molecule has 3 aromatic rings. The van der Waals surface area contributed by atoms with Gasteiger partial charge in [0.05, 0.1) is 0 Å². The van der Waals surface area contributed by atoms with Crippen LogP contribution in [0.3, 0.4) is 0 Å². The first-order valence-corrected chi connectivity index (χ1v) is 8.32. The maximum absolute atomic E-state index is 13.6. The van der Waals surface area contributed by atoms with Crippen LogP contribution in [0.2, 0.25) is 0 Å². The summed E-state index contributed by atoms with van der Waals surface area (Å²) in [6.45, 7) is 1.13. The number of amides is 1. The molecule has 1 aromatic carbocycles. The molecule has 2 aromatic heterocycles. The van der Waals surface area contributed by atoms with E-state index in [1.807, 2.05) is 6.07 Å². The molecule has 3 heterocycles. The van der Waals surface area contributed by atoms with Gasteiger partial charge in [-0.25, -0.2) is 4.39 Å². The average molecular weight is 324 g/mol. The van der Waals surface area contributed by atoms with Crippen LogP contribution in [-0.2, 0) is 13.0 Å². The Morgan fingerprint density at radius 1 is 1.29 bits per heavy atom. The van der Waals surface area contributed by atoms with Crippen LogP contribution in [0.15, 0.2) is 24.3 Å². The molecule has 122 valence electrons. The zero-order valence-electron chi connectivity index (χ0n) is 13.1. The number of hydrogen-bond acceptors (Lipinski definition) is 2. The van der Waals surface area contributed by atoms with Gasteiger partial charge in [0.25, 0.3) is 5.91 Å². The largest absolute Gasteiger partial charge is 0.358 e. The summed E-state index contributed by atoms with van der Waals surface area (Å²) in [6, 6.07) is 6.63. The first-order valence-electron chi connectivity index (χ1n) is 8.32. The molecule has 2 aliphatic rings. The number of fused-ring (bicyclic) bond motifs is 3. The predicted molar refractivity (Wildman–Crippen MR) is 87.3 cm³/mol. The molecule has 5 nitrogen and oxygen atoms in total. The summed E-state index contributed by atoms with van der Waals surface area (Å²) in [4.78, 5) is 17.9. The van der Waals surface area contributed by atoms with Crippen molar-refractivity contribution in [3.8, 4) is 0 Å². The number of rotatable bonds is 2. The van der Waals surface area contributed by atoms with Crippen LogP contribution >= 0.6 is 0 Å². The molecule has 2 N–H and O–H groups in total. The Hall–Kier alpha value is -2.63. The Labute approximate surface area is 137 Å². The molecule has 0 bridgehead atoms. The van der Waals surface area contributed by atoms with Crippen molar-refractivity contribution in [3.05, 3.63) is 52.7 Å². The van der Waals surface area contributed by atoms with Crippen molar-refractivity contribution in [1.82, 2.24) is 20.1 Å². The third kappa shape index (κ3) is 2.13. The monoisotopic (exact) mass is 324 g/mol. The number of hydrogen-bond donors (Lipinski definition) is 2. The van der Waals surface area contributed by atoms with Crippen molar-refractivity contribution in [2.75, 3.05) is 6.54 Å². The van der Waals surface area contributed by atoms with Gasteiger partial charge >= 0.3 is 0 Å². The summed E-state index contributed by atoms with van der Waals surface area (Å²) >= 11 is 0. The van der Waals surface area contributed by atoms with Crippen molar-refractivity contribution < 1.29 is 9.18 Å². The van der Waals surface area contributed by atoms with E-state index in [1.165, 1.54) is 18.9 Å². The van der Waals surface area contributed by atoms with Gasteiger partial charge in [-0.05, 0) is 37.1 Å². The minimum atomic E-state index is -0.255. The van der Waals surface area contributed by atoms with E-state index < -0.39 is 0 Å². The lowest BCUT2D eigenvalue weighted by molar-refractivity contribution is 0.0729. The van der Waals surface area contributed by atoms with Crippen molar-refractivity contribution >= 4 is 16.8 Å². The topological polar surface area (TPSA) is 64.8 Å². The Morgan fingerprint density at radius 3 is 3.00 bits per heavy atom. The van der Waals surface area contributed by atoms with Crippen LogP contribution in [-0.4, -0.2) is 32.5 Å². The Kier molecular flexibility index (Phi) is 2.83. The third-order valence-corrected chi connectivity index (χ3v) is 5.06. The second kappa shape index (κ2) is 4.93. The lowest BCUT2D eigenvalue weighted by Gasteiger charge is -2.26. The number of aromatic amines is 2. The van der Waals surface area contributed by atoms with Gasteiger partial charge in [0.15, 0.2) is 0 Å². The van der Waals surface area contributed by atoms with Gasteiger partial charge in [-0.3, -0.25) is 9.89 Å². The highest BCUT2D eigenvalue weighted by atomic mass is 19.1. The second-order valence-electron chi connectivity index (χ2n) is 6.73. The molecule has 1 amide bonds. The SMILES string of the molecule is O=C(c1cc(C2CC2)[nH]n1)N1CCc2[nH]c3ccc(F)cc3c2C1. The predicted octanol–water partition coefficient (Wildman–Crippen LogP) is 3.11. The first kappa shape index (κ1) is 13.8. The van der Waals surface area contributed by atoms with E-state index in [-0.39, 0.29) is 11.7 Å². The van der Waals surface area contributed by atoms with Crippen LogP contribution in [0.1, 0.15) is 46.2 Å².